The number of methoxy groups -OCH3 is 1. The first kappa shape index (κ1) is 22.1. The van der Waals surface area contributed by atoms with Crippen molar-refractivity contribution in [2.24, 2.45) is 4.99 Å². The molecule has 0 amide bonds. The van der Waals surface area contributed by atoms with Gasteiger partial charge < -0.3 is 20.3 Å². The molecule has 5 nitrogen and oxygen atoms in total. The summed E-state index contributed by atoms with van der Waals surface area (Å²) in [7, 11) is 7.64. The number of halogens is 1. The van der Waals surface area contributed by atoms with Crippen LogP contribution in [0, 0.1) is 0 Å². The molecule has 0 atom stereocenters. The van der Waals surface area contributed by atoms with Crippen molar-refractivity contribution in [1.29, 1.82) is 0 Å². The highest BCUT2D eigenvalue weighted by Crippen LogP contribution is 2.06. The van der Waals surface area contributed by atoms with Gasteiger partial charge in [-0.25, -0.2) is 0 Å². The minimum Gasteiger partial charge on any atom is -0.377 e. The van der Waals surface area contributed by atoms with Crippen LogP contribution in [0.15, 0.2) is 29.3 Å². The van der Waals surface area contributed by atoms with E-state index in [-0.39, 0.29) is 29.6 Å². The number of aliphatic imine (C=N–C) groups is 1. The summed E-state index contributed by atoms with van der Waals surface area (Å²) in [6.07, 6.45) is 0. The Kier molecular flexibility index (Phi) is 10.4. The molecule has 0 aliphatic carbocycles. The van der Waals surface area contributed by atoms with Crippen molar-refractivity contribution in [3.05, 3.63) is 35.4 Å². The van der Waals surface area contributed by atoms with Gasteiger partial charge >= 0.3 is 0 Å². The summed E-state index contributed by atoms with van der Waals surface area (Å²) in [4.78, 5) is 6.39. The van der Waals surface area contributed by atoms with Crippen LogP contribution in [-0.2, 0) is 17.8 Å². The third-order valence-corrected chi connectivity index (χ3v) is 3.44. The molecule has 0 heterocycles. The van der Waals surface area contributed by atoms with E-state index in [0.717, 1.165) is 19.0 Å². The van der Waals surface area contributed by atoms with Crippen LogP contribution < -0.4 is 10.6 Å². The average molecular weight is 434 g/mol. The number of benzene rings is 1. The van der Waals surface area contributed by atoms with Crippen LogP contribution >= 0.6 is 24.0 Å². The standard InChI is InChI=1S/C17H30N4O.HI/c1-17(2,22-6)13-20-16(18-3)19-11-14-7-9-15(10-8-14)12-21(4)5;/h7-10H,11-13H2,1-6H3,(H2,18,19,20);1H. The van der Waals surface area contributed by atoms with Crippen LogP contribution in [0.2, 0.25) is 0 Å². The number of rotatable bonds is 7. The van der Waals surface area contributed by atoms with E-state index < -0.39 is 0 Å². The van der Waals surface area contributed by atoms with Gasteiger partial charge in [0.15, 0.2) is 5.96 Å². The van der Waals surface area contributed by atoms with Gasteiger partial charge in [-0.15, -0.1) is 24.0 Å². The quantitative estimate of drug-likeness (QED) is 0.393. The lowest BCUT2D eigenvalue weighted by Gasteiger charge is -2.24. The fourth-order valence-electron chi connectivity index (χ4n) is 1.90. The maximum absolute atomic E-state index is 5.39. The molecular formula is C17H31IN4O. The number of hydrogen-bond donors (Lipinski definition) is 2. The largest absolute Gasteiger partial charge is 0.377 e. The number of hydrogen-bond acceptors (Lipinski definition) is 3. The van der Waals surface area contributed by atoms with Crippen LogP contribution in [0.25, 0.3) is 0 Å². The molecule has 0 aliphatic rings. The van der Waals surface area contributed by atoms with Crippen molar-refractivity contribution in [1.82, 2.24) is 15.5 Å². The molecule has 0 saturated carbocycles. The lowest BCUT2D eigenvalue weighted by atomic mass is 10.1. The molecule has 0 saturated heterocycles. The van der Waals surface area contributed by atoms with E-state index in [0.29, 0.717) is 6.54 Å². The summed E-state index contributed by atoms with van der Waals surface area (Å²) in [5.74, 6) is 0.780. The summed E-state index contributed by atoms with van der Waals surface area (Å²) >= 11 is 0. The predicted molar refractivity (Wildman–Crippen MR) is 109 cm³/mol. The highest BCUT2D eigenvalue weighted by molar-refractivity contribution is 14.0. The lowest BCUT2D eigenvalue weighted by Crippen LogP contribution is -2.45. The third kappa shape index (κ3) is 9.12. The topological polar surface area (TPSA) is 48.9 Å². The van der Waals surface area contributed by atoms with Crippen LogP contribution in [0.4, 0.5) is 0 Å². The van der Waals surface area contributed by atoms with Gasteiger partial charge in [-0.1, -0.05) is 24.3 Å². The zero-order valence-corrected chi connectivity index (χ0v) is 17.5. The summed E-state index contributed by atoms with van der Waals surface area (Å²) in [6, 6.07) is 8.64. The molecule has 1 rings (SSSR count). The van der Waals surface area contributed by atoms with Crippen molar-refractivity contribution in [2.75, 3.05) is 34.8 Å². The van der Waals surface area contributed by atoms with E-state index in [1.807, 2.05) is 13.8 Å². The van der Waals surface area contributed by atoms with Crippen molar-refractivity contribution < 1.29 is 4.74 Å². The smallest absolute Gasteiger partial charge is 0.191 e. The van der Waals surface area contributed by atoms with Crippen molar-refractivity contribution >= 4 is 29.9 Å². The first-order valence-electron chi connectivity index (χ1n) is 7.58. The zero-order chi connectivity index (χ0) is 16.6. The normalized spacial score (nSPS) is 12.0. The second-order valence-electron chi connectivity index (χ2n) is 6.30. The summed E-state index contributed by atoms with van der Waals surface area (Å²) in [6.45, 7) is 6.48. The Morgan fingerprint density at radius 1 is 1.13 bits per heavy atom. The molecule has 0 radical (unpaired) electrons. The van der Waals surface area contributed by atoms with Gasteiger partial charge in [0.1, 0.15) is 0 Å². The second-order valence-corrected chi connectivity index (χ2v) is 6.30. The van der Waals surface area contributed by atoms with Gasteiger partial charge in [0, 0.05) is 33.8 Å². The SMILES string of the molecule is CN=C(NCc1ccc(CN(C)C)cc1)NCC(C)(C)OC.I. The molecule has 0 aromatic heterocycles. The highest BCUT2D eigenvalue weighted by atomic mass is 127. The van der Waals surface area contributed by atoms with E-state index >= 15 is 0 Å². The molecule has 0 fully saturated rings. The van der Waals surface area contributed by atoms with Crippen molar-refractivity contribution in [3.63, 3.8) is 0 Å². The summed E-state index contributed by atoms with van der Waals surface area (Å²) in [5.41, 5.74) is 2.33. The second kappa shape index (κ2) is 10.8. The first-order chi connectivity index (χ1) is 10.4. The van der Waals surface area contributed by atoms with Gasteiger partial charge in [0.2, 0.25) is 0 Å². The molecule has 1 aromatic carbocycles. The number of ether oxygens (including phenoxy) is 1. The van der Waals surface area contributed by atoms with Crippen molar-refractivity contribution in [2.45, 2.75) is 32.5 Å². The third-order valence-electron chi connectivity index (χ3n) is 3.44. The zero-order valence-electron chi connectivity index (χ0n) is 15.1. The Morgan fingerprint density at radius 3 is 2.17 bits per heavy atom. The fraction of sp³-hybridized carbons (Fsp3) is 0.588. The molecule has 0 unspecified atom stereocenters. The summed E-state index contributed by atoms with van der Waals surface area (Å²) < 4.78 is 5.39. The fourth-order valence-corrected chi connectivity index (χ4v) is 1.90. The van der Waals surface area contributed by atoms with E-state index in [4.69, 9.17) is 4.74 Å². The number of nitrogens with zero attached hydrogens (tertiary/aromatic N) is 2. The Labute approximate surface area is 157 Å². The van der Waals surface area contributed by atoms with Gasteiger partial charge in [0.25, 0.3) is 0 Å². The maximum Gasteiger partial charge on any atom is 0.191 e. The molecule has 23 heavy (non-hydrogen) atoms. The minimum absolute atomic E-state index is 0. The molecule has 0 spiro atoms. The molecule has 6 heteroatoms. The first-order valence-corrected chi connectivity index (χ1v) is 7.58. The van der Waals surface area contributed by atoms with Gasteiger partial charge in [-0.2, -0.15) is 0 Å². The number of guanidine groups is 1. The van der Waals surface area contributed by atoms with E-state index in [9.17, 15) is 0 Å². The lowest BCUT2D eigenvalue weighted by molar-refractivity contribution is 0.0268. The average Bonchev–Trinajstić information content (AvgIpc) is 2.48. The molecular weight excluding hydrogens is 403 g/mol. The molecule has 132 valence electrons. The Morgan fingerprint density at radius 2 is 1.70 bits per heavy atom. The monoisotopic (exact) mass is 434 g/mol. The highest BCUT2D eigenvalue weighted by Gasteiger charge is 2.16. The molecule has 0 aliphatic heterocycles. The minimum atomic E-state index is -0.217. The Bertz CT molecular complexity index is 472. The van der Waals surface area contributed by atoms with Crippen LogP contribution in [0.1, 0.15) is 25.0 Å². The van der Waals surface area contributed by atoms with Crippen molar-refractivity contribution in [3.8, 4) is 0 Å². The van der Waals surface area contributed by atoms with Crippen LogP contribution in [-0.4, -0.2) is 51.3 Å². The summed E-state index contributed by atoms with van der Waals surface area (Å²) in [5, 5.41) is 6.59. The molecule has 2 N–H and O–H groups in total. The number of nitrogens with one attached hydrogen (secondary N) is 2. The Hall–Kier alpha value is -0.860. The van der Waals surface area contributed by atoms with Gasteiger partial charge in [-0.05, 0) is 39.1 Å². The van der Waals surface area contributed by atoms with E-state index in [2.05, 4.69) is 58.9 Å². The van der Waals surface area contributed by atoms with Crippen LogP contribution in [0.3, 0.4) is 0 Å². The van der Waals surface area contributed by atoms with Crippen LogP contribution in [0.5, 0.6) is 0 Å². The van der Waals surface area contributed by atoms with E-state index in [1.54, 1.807) is 14.2 Å². The van der Waals surface area contributed by atoms with Gasteiger partial charge in [0.05, 0.1) is 5.60 Å². The molecule has 0 bridgehead atoms. The van der Waals surface area contributed by atoms with E-state index in [1.165, 1.54) is 11.1 Å². The Balaban J connectivity index is 0.00000484. The molecule has 1 aromatic rings. The maximum atomic E-state index is 5.39. The predicted octanol–water partition coefficient (Wildman–Crippen LogP) is 2.46. The van der Waals surface area contributed by atoms with Gasteiger partial charge in [-0.3, -0.25) is 4.99 Å².